The molecule has 0 aromatic carbocycles. The van der Waals surface area contributed by atoms with Crippen molar-refractivity contribution in [1.82, 2.24) is 15.5 Å². The quantitative estimate of drug-likeness (QED) is 0.576. The van der Waals surface area contributed by atoms with Gasteiger partial charge in [-0.1, -0.05) is 0 Å². The summed E-state index contributed by atoms with van der Waals surface area (Å²) in [6.07, 6.45) is 0.972. The van der Waals surface area contributed by atoms with Gasteiger partial charge in [0.2, 0.25) is 5.91 Å². The van der Waals surface area contributed by atoms with E-state index < -0.39 is 0 Å². The summed E-state index contributed by atoms with van der Waals surface area (Å²) in [6, 6.07) is 0. The van der Waals surface area contributed by atoms with Gasteiger partial charge >= 0.3 is 0 Å². The molecular formula is C9H16N3O. The number of carbonyl (C=O) groups is 1. The van der Waals surface area contributed by atoms with Crippen molar-refractivity contribution in [1.29, 1.82) is 0 Å². The van der Waals surface area contributed by atoms with Crippen LogP contribution in [0.25, 0.3) is 0 Å². The highest BCUT2D eigenvalue weighted by molar-refractivity contribution is 5.87. The van der Waals surface area contributed by atoms with Gasteiger partial charge in [-0.25, -0.2) is 5.32 Å². The third-order valence-corrected chi connectivity index (χ3v) is 2.96. The van der Waals surface area contributed by atoms with Crippen molar-refractivity contribution < 1.29 is 4.79 Å². The molecule has 4 nitrogen and oxygen atoms in total. The predicted molar refractivity (Wildman–Crippen MR) is 49.5 cm³/mol. The Balaban J connectivity index is 1.95. The van der Waals surface area contributed by atoms with Crippen LogP contribution in [0.4, 0.5) is 0 Å². The molecule has 4 heteroatoms. The van der Waals surface area contributed by atoms with E-state index in [1.165, 1.54) is 0 Å². The Morgan fingerprint density at radius 3 is 2.54 bits per heavy atom. The van der Waals surface area contributed by atoms with Crippen molar-refractivity contribution in [2.45, 2.75) is 18.9 Å². The zero-order valence-electron chi connectivity index (χ0n) is 8.05. The second-order valence-electron chi connectivity index (χ2n) is 3.97. The summed E-state index contributed by atoms with van der Waals surface area (Å²) in [5.74, 6) is 0.258. The maximum atomic E-state index is 11.9. The normalized spacial score (nSPS) is 34.1. The maximum Gasteiger partial charge on any atom is 0.242 e. The molecule has 1 radical (unpaired) electrons. The molecule has 2 aliphatic heterocycles. The fourth-order valence-electron chi connectivity index (χ4n) is 1.84. The van der Waals surface area contributed by atoms with E-state index in [0.717, 1.165) is 39.1 Å². The van der Waals surface area contributed by atoms with Crippen LogP contribution >= 0.6 is 0 Å². The van der Waals surface area contributed by atoms with Crippen LogP contribution in [0, 0.1) is 0 Å². The van der Waals surface area contributed by atoms with E-state index in [1.54, 1.807) is 0 Å². The van der Waals surface area contributed by atoms with Crippen LogP contribution in [-0.2, 0) is 4.79 Å². The second kappa shape index (κ2) is 3.27. The fraction of sp³-hybridized carbons (Fsp3) is 0.889. The third-order valence-electron chi connectivity index (χ3n) is 2.96. The molecule has 1 N–H and O–H groups in total. The molecule has 1 amide bonds. The molecule has 0 aromatic rings. The molecule has 1 atom stereocenters. The largest absolute Gasteiger partial charge is 0.338 e. The number of rotatable bonds is 1. The van der Waals surface area contributed by atoms with Crippen LogP contribution in [-0.4, -0.2) is 49.1 Å². The van der Waals surface area contributed by atoms with Gasteiger partial charge in [0.25, 0.3) is 0 Å². The number of hydrogen-bond donors (Lipinski definition) is 1. The van der Waals surface area contributed by atoms with Crippen molar-refractivity contribution in [3.63, 3.8) is 0 Å². The van der Waals surface area contributed by atoms with Crippen molar-refractivity contribution in [2.24, 2.45) is 0 Å². The average Bonchev–Trinajstić information content (AvgIpc) is 2.14. The van der Waals surface area contributed by atoms with Gasteiger partial charge in [-0.3, -0.25) is 4.79 Å². The average molecular weight is 182 g/mol. The van der Waals surface area contributed by atoms with Crippen molar-refractivity contribution >= 4 is 5.91 Å². The monoisotopic (exact) mass is 182 g/mol. The Morgan fingerprint density at radius 1 is 1.46 bits per heavy atom. The predicted octanol–water partition coefficient (Wildman–Crippen LogP) is -0.815. The van der Waals surface area contributed by atoms with Crippen molar-refractivity contribution in [2.75, 3.05) is 32.7 Å². The molecule has 0 spiro atoms. The lowest BCUT2D eigenvalue weighted by Gasteiger charge is -2.42. The Labute approximate surface area is 78.7 Å². The van der Waals surface area contributed by atoms with Gasteiger partial charge in [0, 0.05) is 26.2 Å². The van der Waals surface area contributed by atoms with Crippen molar-refractivity contribution in [3.05, 3.63) is 0 Å². The van der Waals surface area contributed by atoms with Crippen LogP contribution in [0.15, 0.2) is 0 Å². The number of hydrogen-bond acceptors (Lipinski definition) is 2. The van der Waals surface area contributed by atoms with Gasteiger partial charge in [-0.05, 0) is 19.9 Å². The van der Waals surface area contributed by atoms with E-state index in [0.29, 0.717) is 0 Å². The zero-order valence-corrected chi connectivity index (χ0v) is 8.05. The highest BCUT2D eigenvalue weighted by Crippen LogP contribution is 2.20. The molecular weight excluding hydrogens is 166 g/mol. The minimum Gasteiger partial charge on any atom is -0.338 e. The summed E-state index contributed by atoms with van der Waals surface area (Å²) in [7, 11) is 0. The first-order chi connectivity index (χ1) is 6.22. The minimum atomic E-state index is -0.267. The summed E-state index contributed by atoms with van der Waals surface area (Å²) in [5.41, 5.74) is -0.267. The highest BCUT2D eigenvalue weighted by atomic mass is 16.2. The SMILES string of the molecule is CC1(C(=O)N2CC[N]CC2)CCN1. The van der Waals surface area contributed by atoms with Crippen LogP contribution < -0.4 is 10.6 Å². The van der Waals surface area contributed by atoms with Crippen molar-refractivity contribution in [3.8, 4) is 0 Å². The third kappa shape index (κ3) is 1.56. The van der Waals surface area contributed by atoms with E-state index in [2.05, 4.69) is 10.6 Å². The lowest BCUT2D eigenvalue weighted by molar-refractivity contribution is -0.141. The van der Waals surface area contributed by atoms with Crippen LogP contribution in [0.3, 0.4) is 0 Å². The molecule has 73 valence electrons. The minimum absolute atomic E-state index is 0.258. The Hall–Kier alpha value is -0.610. The standard InChI is InChI=1S/C9H16N3O/c1-9(2-3-11-9)8(13)12-6-4-10-5-7-12/h11H,2-7H2,1H3. The first kappa shape index (κ1) is 8.97. The maximum absolute atomic E-state index is 11.9. The molecule has 2 rings (SSSR count). The number of nitrogens with zero attached hydrogens (tertiary/aromatic N) is 2. The second-order valence-corrected chi connectivity index (χ2v) is 3.97. The number of nitrogens with one attached hydrogen (secondary N) is 1. The molecule has 2 fully saturated rings. The Kier molecular flexibility index (Phi) is 2.26. The first-order valence-corrected chi connectivity index (χ1v) is 4.90. The topological polar surface area (TPSA) is 46.4 Å². The van der Waals surface area contributed by atoms with E-state index in [9.17, 15) is 4.79 Å². The molecule has 1 unspecified atom stereocenters. The lowest BCUT2D eigenvalue weighted by atomic mass is 9.88. The molecule has 2 aliphatic rings. The zero-order chi connectivity index (χ0) is 9.31. The van der Waals surface area contributed by atoms with Crippen LogP contribution in [0.5, 0.6) is 0 Å². The summed E-state index contributed by atoms with van der Waals surface area (Å²) in [6.45, 7) is 6.18. The lowest BCUT2D eigenvalue weighted by Crippen LogP contribution is -2.65. The van der Waals surface area contributed by atoms with Crippen LogP contribution in [0.2, 0.25) is 0 Å². The molecule has 0 aromatic heterocycles. The number of piperazine rings is 1. The molecule has 2 heterocycles. The first-order valence-electron chi connectivity index (χ1n) is 4.90. The molecule has 0 bridgehead atoms. The molecule has 2 saturated heterocycles. The van der Waals surface area contributed by atoms with Gasteiger partial charge < -0.3 is 10.2 Å². The van der Waals surface area contributed by atoms with Crippen LogP contribution in [0.1, 0.15) is 13.3 Å². The molecule has 13 heavy (non-hydrogen) atoms. The summed E-state index contributed by atoms with van der Waals surface area (Å²) in [5, 5.41) is 7.42. The van der Waals surface area contributed by atoms with Gasteiger partial charge in [0.05, 0.1) is 5.54 Å². The van der Waals surface area contributed by atoms with Gasteiger partial charge in [0.15, 0.2) is 0 Å². The summed E-state index contributed by atoms with van der Waals surface area (Å²) in [4.78, 5) is 13.9. The van der Waals surface area contributed by atoms with E-state index in [4.69, 9.17) is 0 Å². The highest BCUT2D eigenvalue weighted by Gasteiger charge is 2.41. The fourth-order valence-corrected chi connectivity index (χ4v) is 1.84. The summed E-state index contributed by atoms with van der Waals surface area (Å²) >= 11 is 0. The number of amides is 1. The molecule has 0 aliphatic carbocycles. The number of carbonyl (C=O) groups excluding carboxylic acids is 1. The smallest absolute Gasteiger partial charge is 0.242 e. The molecule has 0 saturated carbocycles. The summed E-state index contributed by atoms with van der Waals surface area (Å²) < 4.78 is 0. The van der Waals surface area contributed by atoms with E-state index >= 15 is 0 Å². The Morgan fingerprint density at radius 2 is 2.08 bits per heavy atom. The van der Waals surface area contributed by atoms with Gasteiger partial charge in [-0.15, -0.1) is 0 Å². The van der Waals surface area contributed by atoms with E-state index in [-0.39, 0.29) is 11.4 Å². The van der Waals surface area contributed by atoms with Gasteiger partial charge in [-0.2, -0.15) is 0 Å². The van der Waals surface area contributed by atoms with Gasteiger partial charge in [0.1, 0.15) is 0 Å². The van der Waals surface area contributed by atoms with E-state index in [1.807, 2.05) is 11.8 Å². The Bertz CT molecular complexity index is 207.